The molecule has 1 rings (SSSR count). The fraction of sp³-hybridized carbons (Fsp3) is 0.316. The highest BCUT2D eigenvalue weighted by Gasteiger charge is 2.25. The maximum Gasteiger partial charge on any atom is 0.328 e. The molecule has 2 atom stereocenters. The second-order valence-electron chi connectivity index (χ2n) is 6.33. The number of carbonyl (C=O) groups excluding carboxylic acids is 3. The third-order valence-corrected chi connectivity index (χ3v) is 3.90. The summed E-state index contributed by atoms with van der Waals surface area (Å²) in [5.41, 5.74) is 16.6. The number of nitrogens with zero attached hydrogens (tertiary/aromatic N) is 1. The van der Waals surface area contributed by atoms with Gasteiger partial charge in [0.2, 0.25) is 17.7 Å². The molecule has 0 aliphatic rings. The van der Waals surface area contributed by atoms with Crippen LogP contribution in [0.15, 0.2) is 47.5 Å². The molecule has 162 valence electrons. The van der Waals surface area contributed by atoms with Gasteiger partial charge in [-0.1, -0.05) is 30.3 Å². The number of hydrogen-bond donors (Lipinski definition) is 6. The van der Waals surface area contributed by atoms with Gasteiger partial charge in [-0.15, -0.1) is 0 Å². The van der Waals surface area contributed by atoms with Crippen molar-refractivity contribution in [2.24, 2.45) is 22.2 Å². The van der Waals surface area contributed by atoms with Crippen molar-refractivity contribution < 1.29 is 24.3 Å². The van der Waals surface area contributed by atoms with Crippen molar-refractivity contribution in [2.45, 2.75) is 31.3 Å². The summed E-state index contributed by atoms with van der Waals surface area (Å²) in [5, 5.41) is 13.6. The van der Waals surface area contributed by atoms with Gasteiger partial charge in [-0.2, -0.15) is 0 Å². The van der Waals surface area contributed by atoms with Crippen LogP contribution in [0, 0.1) is 0 Å². The second kappa shape index (κ2) is 12.5. The third-order valence-electron chi connectivity index (χ3n) is 3.90. The minimum absolute atomic E-state index is 0.0882. The number of primary amides is 1. The molecule has 0 aliphatic heterocycles. The maximum atomic E-state index is 12.7. The van der Waals surface area contributed by atoms with Crippen LogP contribution in [0.3, 0.4) is 0 Å². The van der Waals surface area contributed by atoms with E-state index in [0.717, 1.165) is 11.6 Å². The van der Waals surface area contributed by atoms with E-state index in [0.29, 0.717) is 12.5 Å². The lowest BCUT2D eigenvalue weighted by molar-refractivity contribution is -0.132. The Balaban J connectivity index is 2.87. The topological polar surface area (TPSA) is 203 Å². The Morgan fingerprint density at radius 1 is 1.00 bits per heavy atom. The summed E-state index contributed by atoms with van der Waals surface area (Å²) in [4.78, 5) is 50.8. The molecule has 0 bridgehead atoms. The monoisotopic (exact) mass is 418 g/mol. The van der Waals surface area contributed by atoms with E-state index in [9.17, 15) is 19.2 Å². The van der Waals surface area contributed by atoms with Gasteiger partial charge in [0, 0.05) is 25.1 Å². The van der Waals surface area contributed by atoms with Gasteiger partial charge in [-0.05, 0) is 18.4 Å². The number of guanidine groups is 1. The Morgan fingerprint density at radius 2 is 1.67 bits per heavy atom. The largest absolute Gasteiger partial charge is 0.478 e. The minimum atomic E-state index is -1.30. The predicted octanol–water partition coefficient (Wildman–Crippen LogP) is -1.62. The lowest BCUT2D eigenvalue weighted by atomic mass is 10.0. The number of nitrogens with one attached hydrogen (secondary N) is 2. The Hall–Kier alpha value is -3.89. The second-order valence-corrected chi connectivity index (χ2v) is 6.33. The molecule has 0 fully saturated rings. The molecule has 0 saturated carbocycles. The Kier molecular flexibility index (Phi) is 10.1. The number of amides is 3. The number of nitrogens with two attached hydrogens (primary N) is 3. The number of carboxylic acids is 1. The van der Waals surface area contributed by atoms with E-state index in [1.165, 1.54) is 0 Å². The molecular weight excluding hydrogens is 392 g/mol. The molecule has 11 nitrogen and oxygen atoms in total. The van der Waals surface area contributed by atoms with Gasteiger partial charge in [-0.3, -0.25) is 19.4 Å². The smallest absolute Gasteiger partial charge is 0.328 e. The fourth-order valence-electron chi connectivity index (χ4n) is 2.49. The van der Waals surface area contributed by atoms with E-state index < -0.39 is 35.8 Å². The van der Waals surface area contributed by atoms with Crippen LogP contribution in [0.5, 0.6) is 0 Å². The zero-order chi connectivity index (χ0) is 22.5. The molecule has 0 aromatic heterocycles. The van der Waals surface area contributed by atoms with Crippen molar-refractivity contribution >= 4 is 29.7 Å². The summed E-state index contributed by atoms with van der Waals surface area (Å²) in [6.45, 7) is 0.256. The van der Waals surface area contributed by atoms with Crippen LogP contribution in [0.4, 0.5) is 0 Å². The summed E-state index contributed by atoms with van der Waals surface area (Å²) in [6.07, 6.45) is 2.17. The van der Waals surface area contributed by atoms with Crippen LogP contribution < -0.4 is 27.8 Å². The van der Waals surface area contributed by atoms with Gasteiger partial charge < -0.3 is 32.9 Å². The van der Waals surface area contributed by atoms with Crippen molar-refractivity contribution in [1.82, 2.24) is 10.6 Å². The third kappa shape index (κ3) is 9.88. The van der Waals surface area contributed by atoms with Gasteiger partial charge in [0.1, 0.15) is 12.1 Å². The number of benzene rings is 1. The van der Waals surface area contributed by atoms with E-state index >= 15 is 0 Å². The molecule has 2 unspecified atom stereocenters. The Labute approximate surface area is 173 Å². The summed E-state index contributed by atoms with van der Waals surface area (Å²) >= 11 is 0. The standard InChI is InChI=1S/C19H26N6O5/c20-17(29)13(7-4-10-23-19(21)22)25-18(30)14(11-12-5-2-1-3-6-12)24-15(26)8-9-16(27)28/h1-3,5-6,8-9,13-14H,4,7,10-11H2,(H2,20,29)(H,24,26)(H,25,30)(H,27,28)(H4,21,22,23). The molecule has 3 amide bonds. The number of rotatable bonds is 12. The van der Waals surface area contributed by atoms with Gasteiger partial charge >= 0.3 is 5.97 Å². The Bertz CT molecular complexity index is 805. The number of aliphatic carboxylic acids is 1. The first-order chi connectivity index (χ1) is 14.2. The molecule has 0 spiro atoms. The summed E-state index contributed by atoms with van der Waals surface area (Å²) in [7, 11) is 0. The van der Waals surface area contributed by atoms with Gasteiger partial charge in [0.25, 0.3) is 0 Å². The number of hydrogen-bond acceptors (Lipinski definition) is 5. The first-order valence-electron chi connectivity index (χ1n) is 9.09. The quantitative estimate of drug-likeness (QED) is 0.101. The fourth-order valence-corrected chi connectivity index (χ4v) is 2.49. The summed E-state index contributed by atoms with van der Waals surface area (Å²) in [5.74, 6) is -3.54. The summed E-state index contributed by atoms with van der Waals surface area (Å²) < 4.78 is 0. The highest BCUT2D eigenvalue weighted by atomic mass is 16.4. The normalized spacial score (nSPS) is 12.5. The lowest BCUT2D eigenvalue weighted by Crippen LogP contribution is -2.53. The number of carbonyl (C=O) groups is 4. The SMILES string of the molecule is NC(=O)C(CCCN=C(N)N)NC(=O)C(Cc1ccccc1)NC(=O)C=CC(=O)O. The predicted molar refractivity (Wildman–Crippen MR) is 110 cm³/mol. The van der Waals surface area contributed by atoms with E-state index in [1.807, 2.05) is 0 Å². The van der Waals surface area contributed by atoms with E-state index in [2.05, 4.69) is 15.6 Å². The molecular formula is C19H26N6O5. The molecule has 1 aromatic rings. The molecule has 0 radical (unpaired) electrons. The van der Waals surface area contributed by atoms with Crippen LogP contribution in [-0.4, -0.2) is 53.4 Å². The highest BCUT2D eigenvalue weighted by molar-refractivity contribution is 5.97. The highest BCUT2D eigenvalue weighted by Crippen LogP contribution is 2.05. The summed E-state index contributed by atoms with van der Waals surface area (Å²) in [6, 6.07) is 6.82. The van der Waals surface area contributed by atoms with Crippen LogP contribution >= 0.6 is 0 Å². The van der Waals surface area contributed by atoms with Crippen molar-refractivity contribution in [1.29, 1.82) is 0 Å². The first-order valence-corrected chi connectivity index (χ1v) is 9.09. The van der Waals surface area contributed by atoms with Crippen molar-refractivity contribution in [3.63, 3.8) is 0 Å². The molecule has 11 heteroatoms. The molecule has 0 saturated heterocycles. The average molecular weight is 418 g/mol. The first kappa shape index (κ1) is 24.1. The average Bonchev–Trinajstić information content (AvgIpc) is 2.68. The van der Waals surface area contributed by atoms with Gasteiger partial charge in [0.15, 0.2) is 5.96 Å². The molecule has 30 heavy (non-hydrogen) atoms. The van der Waals surface area contributed by atoms with Crippen molar-refractivity contribution in [3.8, 4) is 0 Å². The van der Waals surface area contributed by atoms with Crippen molar-refractivity contribution in [3.05, 3.63) is 48.0 Å². The molecule has 0 aliphatic carbocycles. The van der Waals surface area contributed by atoms with E-state index in [1.54, 1.807) is 30.3 Å². The van der Waals surface area contributed by atoms with E-state index in [4.69, 9.17) is 22.3 Å². The Morgan fingerprint density at radius 3 is 2.23 bits per heavy atom. The molecule has 9 N–H and O–H groups in total. The number of aliphatic imine (C=N–C) groups is 1. The minimum Gasteiger partial charge on any atom is -0.478 e. The zero-order valence-electron chi connectivity index (χ0n) is 16.3. The van der Waals surface area contributed by atoms with Crippen LogP contribution in [0.25, 0.3) is 0 Å². The number of carboxylic acid groups (broad SMARTS) is 1. The van der Waals surface area contributed by atoms with Gasteiger partial charge in [0.05, 0.1) is 0 Å². The van der Waals surface area contributed by atoms with E-state index in [-0.39, 0.29) is 25.3 Å². The van der Waals surface area contributed by atoms with Crippen LogP contribution in [0.1, 0.15) is 18.4 Å². The molecule has 0 heterocycles. The maximum absolute atomic E-state index is 12.7. The van der Waals surface area contributed by atoms with Crippen molar-refractivity contribution in [2.75, 3.05) is 6.54 Å². The van der Waals surface area contributed by atoms with Crippen LogP contribution in [-0.2, 0) is 25.6 Å². The zero-order valence-corrected chi connectivity index (χ0v) is 16.3. The van der Waals surface area contributed by atoms with Crippen LogP contribution in [0.2, 0.25) is 0 Å². The molecule has 1 aromatic carbocycles. The van der Waals surface area contributed by atoms with Gasteiger partial charge in [-0.25, -0.2) is 4.79 Å². The lowest BCUT2D eigenvalue weighted by Gasteiger charge is -2.21.